The van der Waals surface area contributed by atoms with Crippen molar-refractivity contribution in [3.8, 4) is 0 Å². The minimum absolute atomic E-state index is 0.0339. The molecule has 6 heteroatoms. The summed E-state index contributed by atoms with van der Waals surface area (Å²) in [6.07, 6.45) is 1.50. The maximum Gasteiger partial charge on any atom is 0.337 e. The molecule has 72 valence electrons. The van der Waals surface area contributed by atoms with Crippen LogP contribution in [0.2, 0.25) is 5.02 Å². The fourth-order valence-corrected chi connectivity index (χ4v) is 1.42. The molecule has 2 aromatic heterocycles. The molecule has 0 aliphatic heterocycles. The number of aromatic nitrogens is 3. The third-order valence-electron chi connectivity index (χ3n) is 1.90. The van der Waals surface area contributed by atoms with E-state index in [4.69, 9.17) is 16.7 Å². The second-order valence-corrected chi connectivity index (χ2v) is 3.22. The molecule has 2 heterocycles. The first kappa shape index (κ1) is 8.96. The second-order valence-electron chi connectivity index (χ2n) is 2.82. The second kappa shape index (κ2) is 2.95. The number of fused-ring (bicyclic) bond motifs is 1. The summed E-state index contributed by atoms with van der Waals surface area (Å²) in [5, 5.41) is 16.6. The summed E-state index contributed by atoms with van der Waals surface area (Å²) in [5.41, 5.74) is 0.510. The zero-order chi connectivity index (χ0) is 10.3. The lowest BCUT2D eigenvalue weighted by Crippen LogP contribution is -2.00. The standard InChI is InChI=1S/C8H6ClN3O2/c1-4-10-11-7-2-5(8(13)14)6(9)3-12(4)7/h2-3H,1H3,(H,13,14). The zero-order valence-corrected chi connectivity index (χ0v) is 7.99. The first-order valence-electron chi connectivity index (χ1n) is 3.84. The smallest absolute Gasteiger partial charge is 0.337 e. The zero-order valence-electron chi connectivity index (χ0n) is 7.23. The first-order valence-corrected chi connectivity index (χ1v) is 4.21. The van der Waals surface area contributed by atoms with E-state index in [0.29, 0.717) is 11.5 Å². The molecule has 0 radical (unpaired) electrons. The van der Waals surface area contributed by atoms with Crippen LogP contribution >= 0.6 is 11.6 Å². The number of carboxylic acid groups (broad SMARTS) is 1. The molecule has 0 saturated carbocycles. The van der Waals surface area contributed by atoms with Gasteiger partial charge >= 0.3 is 5.97 Å². The quantitative estimate of drug-likeness (QED) is 0.774. The van der Waals surface area contributed by atoms with Crippen molar-refractivity contribution in [2.75, 3.05) is 0 Å². The normalized spacial score (nSPS) is 10.7. The van der Waals surface area contributed by atoms with Crippen LogP contribution in [0.4, 0.5) is 0 Å². The highest BCUT2D eigenvalue weighted by atomic mass is 35.5. The van der Waals surface area contributed by atoms with E-state index in [2.05, 4.69) is 10.2 Å². The first-order chi connectivity index (χ1) is 6.59. The molecule has 0 bridgehead atoms. The number of aryl methyl sites for hydroxylation is 1. The molecule has 0 saturated heterocycles. The number of pyridine rings is 1. The summed E-state index contributed by atoms with van der Waals surface area (Å²) < 4.78 is 1.63. The topological polar surface area (TPSA) is 67.5 Å². The molecule has 5 nitrogen and oxygen atoms in total. The van der Waals surface area contributed by atoms with Crippen molar-refractivity contribution < 1.29 is 9.90 Å². The van der Waals surface area contributed by atoms with Gasteiger partial charge in [-0.2, -0.15) is 0 Å². The predicted molar refractivity (Wildman–Crippen MR) is 49.7 cm³/mol. The molecule has 0 unspecified atom stereocenters. The molecule has 0 fully saturated rings. The highest BCUT2D eigenvalue weighted by molar-refractivity contribution is 6.33. The molecule has 0 atom stereocenters. The monoisotopic (exact) mass is 211 g/mol. The Morgan fingerprint density at radius 1 is 1.57 bits per heavy atom. The van der Waals surface area contributed by atoms with Crippen molar-refractivity contribution in [3.05, 3.63) is 28.7 Å². The fourth-order valence-electron chi connectivity index (χ4n) is 1.19. The van der Waals surface area contributed by atoms with Crippen LogP contribution in [-0.4, -0.2) is 25.7 Å². The van der Waals surface area contributed by atoms with Crippen molar-refractivity contribution in [1.29, 1.82) is 0 Å². The van der Waals surface area contributed by atoms with E-state index in [-0.39, 0.29) is 10.6 Å². The number of hydrogen-bond acceptors (Lipinski definition) is 3. The lowest BCUT2D eigenvalue weighted by atomic mass is 10.2. The largest absolute Gasteiger partial charge is 0.478 e. The van der Waals surface area contributed by atoms with Gasteiger partial charge < -0.3 is 5.11 Å². The van der Waals surface area contributed by atoms with Gasteiger partial charge in [-0.3, -0.25) is 4.40 Å². The van der Waals surface area contributed by atoms with E-state index < -0.39 is 5.97 Å². The molecular formula is C8H6ClN3O2. The Labute approximate surface area is 83.9 Å². The minimum atomic E-state index is -1.07. The van der Waals surface area contributed by atoms with E-state index in [1.54, 1.807) is 11.3 Å². The predicted octanol–water partition coefficient (Wildman–Crippen LogP) is 1.39. The number of carbonyl (C=O) groups is 1. The molecule has 0 spiro atoms. The third kappa shape index (κ3) is 1.22. The highest BCUT2D eigenvalue weighted by Gasteiger charge is 2.12. The van der Waals surface area contributed by atoms with Crippen molar-refractivity contribution in [1.82, 2.24) is 14.6 Å². The van der Waals surface area contributed by atoms with Crippen LogP contribution in [0.15, 0.2) is 12.3 Å². The Hall–Kier alpha value is -1.62. The van der Waals surface area contributed by atoms with Gasteiger partial charge in [-0.1, -0.05) is 11.6 Å². The number of nitrogens with zero attached hydrogens (tertiary/aromatic N) is 3. The maximum absolute atomic E-state index is 10.7. The Balaban J connectivity index is 2.79. The maximum atomic E-state index is 10.7. The number of hydrogen-bond donors (Lipinski definition) is 1. The number of halogens is 1. The number of aromatic carboxylic acids is 1. The lowest BCUT2D eigenvalue weighted by molar-refractivity contribution is 0.0697. The summed E-state index contributed by atoms with van der Waals surface area (Å²) in [5.74, 6) is -0.406. The van der Waals surface area contributed by atoms with Crippen LogP contribution in [0.25, 0.3) is 5.65 Å². The molecular weight excluding hydrogens is 206 g/mol. The van der Waals surface area contributed by atoms with Crippen molar-refractivity contribution in [2.24, 2.45) is 0 Å². The van der Waals surface area contributed by atoms with Gasteiger partial charge in [0.05, 0.1) is 10.6 Å². The van der Waals surface area contributed by atoms with Gasteiger partial charge in [0.15, 0.2) is 5.65 Å². The Bertz CT molecular complexity index is 521. The third-order valence-corrected chi connectivity index (χ3v) is 2.20. The van der Waals surface area contributed by atoms with Gasteiger partial charge in [0.2, 0.25) is 0 Å². The van der Waals surface area contributed by atoms with E-state index >= 15 is 0 Å². The molecule has 0 aromatic carbocycles. The molecule has 0 aliphatic rings. The molecule has 2 aromatic rings. The summed E-state index contributed by atoms with van der Waals surface area (Å²) in [6, 6.07) is 1.39. The van der Waals surface area contributed by atoms with Crippen LogP contribution < -0.4 is 0 Å². The van der Waals surface area contributed by atoms with Crippen LogP contribution in [0.5, 0.6) is 0 Å². The van der Waals surface area contributed by atoms with Gasteiger partial charge in [0.25, 0.3) is 0 Å². The molecule has 1 N–H and O–H groups in total. The molecule has 14 heavy (non-hydrogen) atoms. The lowest BCUT2D eigenvalue weighted by Gasteiger charge is -1.99. The summed E-state index contributed by atoms with van der Waals surface area (Å²) >= 11 is 5.77. The van der Waals surface area contributed by atoms with Crippen LogP contribution in [0.3, 0.4) is 0 Å². The van der Waals surface area contributed by atoms with Gasteiger partial charge in [-0.05, 0) is 13.0 Å². The Kier molecular flexibility index (Phi) is 1.89. The summed E-state index contributed by atoms with van der Waals surface area (Å²) in [4.78, 5) is 10.7. The van der Waals surface area contributed by atoms with Gasteiger partial charge in [0.1, 0.15) is 5.82 Å². The van der Waals surface area contributed by atoms with Crippen molar-refractivity contribution in [3.63, 3.8) is 0 Å². The molecule has 0 aliphatic carbocycles. The summed E-state index contributed by atoms with van der Waals surface area (Å²) in [7, 11) is 0. The SMILES string of the molecule is Cc1nnc2cc(C(=O)O)c(Cl)cn12. The number of carboxylic acids is 1. The minimum Gasteiger partial charge on any atom is -0.478 e. The van der Waals surface area contributed by atoms with E-state index in [1.807, 2.05) is 0 Å². The van der Waals surface area contributed by atoms with E-state index in [1.165, 1.54) is 12.3 Å². The van der Waals surface area contributed by atoms with Gasteiger partial charge in [0, 0.05) is 6.20 Å². The highest BCUT2D eigenvalue weighted by Crippen LogP contribution is 2.18. The number of rotatable bonds is 1. The molecule has 0 amide bonds. The van der Waals surface area contributed by atoms with E-state index in [0.717, 1.165) is 0 Å². The average Bonchev–Trinajstić information content (AvgIpc) is 2.46. The van der Waals surface area contributed by atoms with Crippen molar-refractivity contribution in [2.45, 2.75) is 6.92 Å². The van der Waals surface area contributed by atoms with Crippen molar-refractivity contribution >= 4 is 23.2 Å². The van der Waals surface area contributed by atoms with Gasteiger partial charge in [-0.25, -0.2) is 4.79 Å². The summed E-state index contributed by atoms with van der Waals surface area (Å²) in [6.45, 7) is 1.76. The Morgan fingerprint density at radius 2 is 2.29 bits per heavy atom. The average molecular weight is 212 g/mol. The molecule has 2 rings (SSSR count). The fraction of sp³-hybridized carbons (Fsp3) is 0.125. The van der Waals surface area contributed by atoms with Crippen LogP contribution in [0.1, 0.15) is 16.2 Å². The van der Waals surface area contributed by atoms with Crippen LogP contribution in [0, 0.1) is 6.92 Å². The van der Waals surface area contributed by atoms with Crippen LogP contribution in [-0.2, 0) is 0 Å². The Morgan fingerprint density at radius 3 is 2.93 bits per heavy atom. The van der Waals surface area contributed by atoms with Gasteiger partial charge in [-0.15, -0.1) is 10.2 Å². The van der Waals surface area contributed by atoms with E-state index in [9.17, 15) is 4.79 Å².